The zero-order valence-corrected chi connectivity index (χ0v) is 12.7. The number of nitrogens with one attached hydrogen (secondary N) is 2. The number of H-pyrrole nitrogens is 1. The van der Waals surface area contributed by atoms with Crippen LogP contribution in [-0.4, -0.2) is 41.4 Å². The number of aryl methyl sites for hydroxylation is 1. The van der Waals surface area contributed by atoms with E-state index in [0.717, 1.165) is 29.3 Å². The largest absolute Gasteiger partial charge is 0.388 e. The molecule has 1 saturated carbocycles. The first-order chi connectivity index (χ1) is 10.7. The zero-order valence-electron chi connectivity index (χ0n) is 12.7. The first-order valence-corrected chi connectivity index (χ1v) is 7.74. The van der Waals surface area contributed by atoms with E-state index in [-0.39, 0.29) is 18.1 Å². The Morgan fingerprint density at radius 1 is 1.41 bits per heavy atom. The normalized spacial score (nSPS) is 24.7. The molecule has 1 aromatic heterocycles. The number of hydrogen-bond donors (Lipinski definition) is 3. The lowest BCUT2D eigenvalue weighted by Gasteiger charge is -2.19. The lowest BCUT2D eigenvalue weighted by Crippen LogP contribution is -2.43. The fourth-order valence-electron chi connectivity index (χ4n) is 3.22. The molecule has 1 heterocycles. The molecule has 2 aromatic rings. The molecule has 1 aliphatic carbocycles. The van der Waals surface area contributed by atoms with Gasteiger partial charge < -0.3 is 20.1 Å². The van der Waals surface area contributed by atoms with Crippen LogP contribution >= 0.6 is 0 Å². The summed E-state index contributed by atoms with van der Waals surface area (Å²) in [6.07, 6.45) is 3.84. The topological polar surface area (TPSA) is 74.3 Å². The van der Waals surface area contributed by atoms with Crippen molar-refractivity contribution in [2.24, 2.45) is 0 Å². The second-order valence-corrected chi connectivity index (χ2v) is 5.88. The van der Waals surface area contributed by atoms with E-state index >= 15 is 0 Å². The molecular formula is C17H22N2O3. The Labute approximate surface area is 129 Å². The Morgan fingerprint density at radius 3 is 3.00 bits per heavy atom. The summed E-state index contributed by atoms with van der Waals surface area (Å²) >= 11 is 0. The summed E-state index contributed by atoms with van der Waals surface area (Å²) in [5, 5.41) is 14.1. The Kier molecular flexibility index (Phi) is 4.45. The molecule has 3 atom stereocenters. The zero-order chi connectivity index (χ0) is 15.5. The van der Waals surface area contributed by atoms with E-state index in [1.807, 2.05) is 24.4 Å². The number of hydrogen-bond acceptors (Lipinski definition) is 3. The Bertz CT molecular complexity index is 652. The molecule has 0 saturated heterocycles. The van der Waals surface area contributed by atoms with Crippen LogP contribution in [0.25, 0.3) is 10.9 Å². The number of carbonyl (C=O) groups is 1. The summed E-state index contributed by atoms with van der Waals surface area (Å²) < 4.78 is 5.20. The summed E-state index contributed by atoms with van der Waals surface area (Å²) in [4.78, 5) is 15.3. The predicted molar refractivity (Wildman–Crippen MR) is 84.6 cm³/mol. The first kappa shape index (κ1) is 15.1. The van der Waals surface area contributed by atoms with E-state index in [9.17, 15) is 9.90 Å². The molecule has 0 spiro atoms. The average Bonchev–Trinajstić information content (AvgIpc) is 3.10. The van der Waals surface area contributed by atoms with Crippen LogP contribution in [-0.2, 0) is 16.0 Å². The molecule has 0 unspecified atom stereocenters. The van der Waals surface area contributed by atoms with Gasteiger partial charge in [-0.15, -0.1) is 0 Å². The number of carbonyl (C=O) groups excluding carboxylic acids is 1. The van der Waals surface area contributed by atoms with Gasteiger partial charge in [0.05, 0.1) is 12.1 Å². The number of benzene rings is 1. The maximum Gasteiger partial charge on any atom is 0.220 e. The minimum absolute atomic E-state index is 0.0221. The quantitative estimate of drug-likeness (QED) is 0.788. The van der Waals surface area contributed by atoms with Crippen LogP contribution in [0.1, 0.15) is 24.8 Å². The molecule has 3 N–H and O–H groups in total. The van der Waals surface area contributed by atoms with E-state index in [0.29, 0.717) is 12.8 Å². The maximum atomic E-state index is 12.1. The summed E-state index contributed by atoms with van der Waals surface area (Å²) in [5.41, 5.74) is 2.24. The van der Waals surface area contributed by atoms with Gasteiger partial charge in [0.25, 0.3) is 0 Å². The van der Waals surface area contributed by atoms with Crippen LogP contribution in [0.2, 0.25) is 0 Å². The summed E-state index contributed by atoms with van der Waals surface area (Å²) in [7, 11) is 1.59. The summed E-state index contributed by atoms with van der Waals surface area (Å²) in [6.45, 7) is 0. The van der Waals surface area contributed by atoms with E-state index in [1.165, 1.54) is 0 Å². The van der Waals surface area contributed by atoms with Crippen molar-refractivity contribution in [3.8, 4) is 0 Å². The van der Waals surface area contributed by atoms with Crippen molar-refractivity contribution in [1.82, 2.24) is 10.3 Å². The second-order valence-electron chi connectivity index (χ2n) is 5.88. The van der Waals surface area contributed by atoms with Crippen molar-refractivity contribution >= 4 is 16.8 Å². The smallest absolute Gasteiger partial charge is 0.220 e. The van der Waals surface area contributed by atoms with Crippen molar-refractivity contribution in [2.45, 2.75) is 43.9 Å². The second kappa shape index (κ2) is 6.50. The molecule has 118 valence electrons. The van der Waals surface area contributed by atoms with Gasteiger partial charge in [-0.25, -0.2) is 0 Å². The van der Waals surface area contributed by atoms with E-state index in [4.69, 9.17) is 4.74 Å². The van der Waals surface area contributed by atoms with Crippen LogP contribution in [0.4, 0.5) is 0 Å². The standard InChI is InChI=1S/C17H22N2O3/c1-22-15-8-7-14(17(15)21)19-16(20)9-6-11-10-18-13-5-3-2-4-12(11)13/h2-5,10,14-15,17-18,21H,6-9H2,1H3,(H,19,20)/t14-,15-,17-/m1/s1. The first-order valence-electron chi connectivity index (χ1n) is 7.74. The molecule has 0 radical (unpaired) electrons. The molecule has 22 heavy (non-hydrogen) atoms. The minimum Gasteiger partial charge on any atom is -0.388 e. The number of aliphatic hydroxyl groups is 1. The van der Waals surface area contributed by atoms with Gasteiger partial charge in [-0.3, -0.25) is 4.79 Å². The summed E-state index contributed by atoms with van der Waals surface area (Å²) in [5.74, 6) is -0.0221. The lowest BCUT2D eigenvalue weighted by molar-refractivity contribution is -0.122. The number of rotatable bonds is 5. The predicted octanol–water partition coefficient (Wildman–Crippen LogP) is 1.75. The highest BCUT2D eigenvalue weighted by molar-refractivity contribution is 5.84. The third kappa shape index (κ3) is 3.00. The fraction of sp³-hybridized carbons (Fsp3) is 0.471. The van der Waals surface area contributed by atoms with Crippen molar-refractivity contribution in [3.63, 3.8) is 0 Å². The van der Waals surface area contributed by atoms with Crippen molar-refractivity contribution < 1.29 is 14.6 Å². The number of methoxy groups -OCH3 is 1. The molecule has 0 bridgehead atoms. The Hall–Kier alpha value is -1.85. The highest BCUT2D eigenvalue weighted by Crippen LogP contribution is 2.23. The van der Waals surface area contributed by atoms with Gasteiger partial charge in [-0.05, 0) is 30.9 Å². The van der Waals surface area contributed by atoms with Gasteiger partial charge in [0, 0.05) is 30.6 Å². The lowest BCUT2D eigenvalue weighted by atomic mass is 10.1. The van der Waals surface area contributed by atoms with Gasteiger partial charge in [0.1, 0.15) is 6.10 Å². The molecular weight excluding hydrogens is 280 g/mol. The molecule has 5 nitrogen and oxygen atoms in total. The van der Waals surface area contributed by atoms with Gasteiger partial charge >= 0.3 is 0 Å². The molecule has 3 rings (SSSR count). The SMILES string of the molecule is CO[C@@H]1CC[C@@H](NC(=O)CCc2c[nH]c3ccccc23)[C@H]1O. The third-order valence-electron chi connectivity index (χ3n) is 4.50. The van der Waals surface area contributed by atoms with Crippen molar-refractivity contribution in [3.05, 3.63) is 36.0 Å². The summed E-state index contributed by atoms with van der Waals surface area (Å²) in [6, 6.07) is 7.88. The monoisotopic (exact) mass is 302 g/mol. The molecule has 1 amide bonds. The number of aromatic nitrogens is 1. The molecule has 1 aromatic carbocycles. The maximum absolute atomic E-state index is 12.1. The van der Waals surface area contributed by atoms with Gasteiger partial charge in [0.2, 0.25) is 5.91 Å². The number of ether oxygens (including phenoxy) is 1. The van der Waals surface area contributed by atoms with E-state index < -0.39 is 6.10 Å². The third-order valence-corrected chi connectivity index (χ3v) is 4.50. The molecule has 1 fully saturated rings. The van der Waals surface area contributed by atoms with Gasteiger partial charge in [-0.2, -0.15) is 0 Å². The van der Waals surface area contributed by atoms with Gasteiger partial charge in [-0.1, -0.05) is 18.2 Å². The number of aromatic amines is 1. The number of para-hydroxylation sites is 1. The number of aliphatic hydroxyl groups excluding tert-OH is 1. The molecule has 0 aliphatic heterocycles. The van der Waals surface area contributed by atoms with Crippen molar-refractivity contribution in [2.75, 3.05) is 7.11 Å². The minimum atomic E-state index is -0.609. The van der Waals surface area contributed by atoms with E-state index in [2.05, 4.69) is 16.4 Å². The van der Waals surface area contributed by atoms with Crippen molar-refractivity contribution in [1.29, 1.82) is 0 Å². The highest BCUT2D eigenvalue weighted by atomic mass is 16.5. The number of amides is 1. The van der Waals surface area contributed by atoms with Crippen LogP contribution in [0.15, 0.2) is 30.5 Å². The van der Waals surface area contributed by atoms with Crippen LogP contribution in [0, 0.1) is 0 Å². The average molecular weight is 302 g/mol. The Morgan fingerprint density at radius 2 is 2.23 bits per heavy atom. The van der Waals surface area contributed by atoms with Crippen LogP contribution < -0.4 is 5.32 Å². The van der Waals surface area contributed by atoms with Crippen LogP contribution in [0.5, 0.6) is 0 Å². The molecule has 5 heteroatoms. The van der Waals surface area contributed by atoms with Crippen LogP contribution in [0.3, 0.4) is 0 Å². The van der Waals surface area contributed by atoms with E-state index in [1.54, 1.807) is 7.11 Å². The number of fused-ring (bicyclic) bond motifs is 1. The fourth-order valence-corrected chi connectivity index (χ4v) is 3.22. The Balaban J connectivity index is 1.55. The highest BCUT2D eigenvalue weighted by Gasteiger charge is 2.35. The molecule has 1 aliphatic rings. The van der Waals surface area contributed by atoms with Gasteiger partial charge in [0.15, 0.2) is 0 Å².